The minimum Gasteiger partial charge on any atom is -0.0628 e. The molecule has 0 fully saturated rings. The molecule has 0 bridgehead atoms. The van der Waals surface area contributed by atoms with E-state index < -0.39 is 0 Å². The van der Waals surface area contributed by atoms with Gasteiger partial charge in [0, 0.05) is 0 Å². The lowest BCUT2D eigenvalue weighted by atomic mass is 9.71. The summed E-state index contributed by atoms with van der Waals surface area (Å²) in [6.45, 7) is 16.5. The summed E-state index contributed by atoms with van der Waals surface area (Å²) in [6.07, 6.45) is 4.19. The smallest absolute Gasteiger partial charge is 0.0342 e. The molecule has 0 aliphatic rings. The van der Waals surface area contributed by atoms with Crippen molar-refractivity contribution in [2.45, 2.75) is 67.7 Å². The SMILES string of the molecule is CC(C)CCCC(C(C)C)C(C)(C)C. The molecule has 0 aliphatic carbocycles. The van der Waals surface area contributed by atoms with Gasteiger partial charge in [-0.1, -0.05) is 61.3 Å². The van der Waals surface area contributed by atoms with Gasteiger partial charge >= 0.3 is 0 Å². The standard InChI is InChI=1S/C14H30/c1-11(2)9-8-10-13(12(3)4)14(5,6)7/h11-13H,8-10H2,1-7H3. The van der Waals surface area contributed by atoms with Crippen molar-refractivity contribution in [1.82, 2.24) is 0 Å². The van der Waals surface area contributed by atoms with Gasteiger partial charge in [-0.15, -0.1) is 0 Å². The molecule has 0 nitrogen and oxygen atoms in total. The van der Waals surface area contributed by atoms with E-state index in [4.69, 9.17) is 0 Å². The van der Waals surface area contributed by atoms with Crippen LogP contribution in [-0.4, -0.2) is 0 Å². The van der Waals surface area contributed by atoms with Crippen molar-refractivity contribution in [2.75, 3.05) is 0 Å². The Morgan fingerprint density at radius 3 is 1.64 bits per heavy atom. The van der Waals surface area contributed by atoms with E-state index in [-0.39, 0.29) is 0 Å². The van der Waals surface area contributed by atoms with E-state index in [1.807, 2.05) is 0 Å². The molecule has 1 atom stereocenters. The molecule has 0 N–H and O–H groups in total. The van der Waals surface area contributed by atoms with Crippen LogP contribution in [0.4, 0.5) is 0 Å². The fourth-order valence-electron chi connectivity index (χ4n) is 2.51. The molecule has 0 aliphatic heterocycles. The van der Waals surface area contributed by atoms with Crippen LogP contribution in [0, 0.1) is 23.2 Å². The van der Waals surface area contributed by atoms with Gasteiger partial charge in [0.15, 0.2) is 0 Å². The second-order valence-electron chi connectivity index (χ2n) is 6.54. The van der Waals surface area contributed by atoms with Gasteiger partial charge in [0.05, 0.1) is 0 Å². The summed E-state index contributed by atoms with van der Waals surface area (Å²) in [7, 11) is 0. The van der Waals surface area contributed by atoms with Crippen LogP contribution in [0.2, 0.25) is 0 Å². The predicted octanol–water partition coefficient (Wildman–Crippen LogP) is 5.13. The van der Waals surface area contributed by atoms with Crippen molar-refractivity contribution < 1.29 is 0 Å². The average Bonchev–Trinajstić information content (AvgIpc) is 1.94. The first-order valence-electron chi connectivity index (χ1n) is 6.25. The normalized spacial score (nSPS) is 15.2. The Morgan fingerprint density at radius 1 is 0.857 bits per heavy atom. The summed E-state index contributed by atoms with van der Waals surface area (Å²) >= 11 is 0. The third-order valence-corrected chi connectivity index (χ3v) is 3.21. The predicted molar refractivity (Wildman–Crippen MR) is 66.5 cm³/mol. The summed E-state index contributed by atoms with van der Waals surface area (Å²) in [5.41, 5.74) is 0.477. The molecule has 0 spiro atoms. The van der Waals surface area contributed by atoms with E-state index >= 15 is 0 Å². The molecule has 0 rings (SSSR count). The molecule has 0 heteroatoms. The Balaban J connectivity index is 4.00. The molecule has 0 aromatic heterocycles. The molecule has 0 amide bonds. The summed E-state index contributed by atoms with van der Waals surface area (Å²) in [4.78, 5) is 0. The first-order valence-corrected chi connectivity index (χ1v) is 6.25. The van der Waals surface area contributed by atoms with Crippen LogP contribution in [0.1, 0.15) is 67.7 Å². The van der Waals surface area contributed by atoms with Crippen LogP contribution in [0.15, 0.2) is 0 Å². The van der Waals surface area contributed by atoms with E-state index in [0.29, 0.717) is 5.41 Å². The van der Waals surface area contributed by atoms with Crippen molar-refractivity contribution >= 4 is 0 Å². The first kappa shape index (κ1) is 14.0. The Bertz CT molecular complexity index is 137. The molecule has 86 valence electrons. The van der Waals surface area contributed by atoms with Gasteiger partial charge < -0.3 is 0 Å². The molecule has 0 aromatic rings. The fourth-order valence-corrected chi connectivity index (χ4v) is 2.51. The molecular weight excluding hydrogens is 168 g/mol. The highest BCUT2D eigenvalue weighted by atomic mass is 14.3. The van der Waals surface area contributed by atoms with Crippen LogP contribution in [0.25, 0.3) is 0 Å². The second kappa shape index (κ2) is 5.78. The molecule has 0 radical (unpaired) electrons. The van der Waals surface area contributed by atoms with E-state index in [1.54, 1.807) is 0 Å². The van der Waals surface area contributed by atoms with Crippen LogP contribution < -0.4 is 0 Å². The lowest BCUT2D eigenvalue weighted by Crippen LogP contribution is -2.25. The van der Waals surface area contributed by atoms with Gasteiger partial charge in [0.25, 0.3) is 0 Å². The zero-order valence-corrected chi connectivity index (χ0v) is 11.4. The Labute approximate surface area is 91.5 Å². The molecule has 0 saturated carbocycles. The Morgan fingerprint density at radius 2 is 1.36 bits per heavy atom. The quantitative estimate of drug-likeness (QED) is 0.574. The zero-order valence-electron chi connectivity index (χ0n) is 11.4. The number of rotatable bonds is 5. The summed E-state index contributed by atoms with van der Waals surface area (Å²) in [6, 6.07) is 0. The average molecular weight is 198 g/mol. The molecule has 0 aromatic carbocycles. The highest BCUT2D eigenvalue weighted by molar-refractivity contribution is 4.76. The van der Waals surface area contributed by atoms with Gasteiger partial charge in [-0.25, -0.2) is 0 Å². The monoisotopic (exact) mass is 198 g/mol. The molecule has 1 unspecified atom stereocenters. The molecule has 0 saturated heterocycles. The van der Waals surface area contributed by atoms with Crippen LogP contribution in [-0.2, 0) is 0 Å². The van der Waals surface area contributed by atoms with E-state index in [9.17, 15) is 0 Å². The van der Waals surface area contributed by atoms with Gasteiger partial charge in [-0.05, 0) is 29.6 Å². The first-order chi connectivity index (χ1) is 6.25. The van der Waals surface area contributed by atoms with E-state index in [2.05, 4.69) is 48.5 Å². The third-order valence-electron chi connectivity index (χ3n) is 3.21. The third kappa shape index (κ3) is 5.67. The second-order valence-corrected chi connectivity index (χ2v) is 6.54. The lowest BCUT2D eigenvalue weighted by Gasteiger charge is -2.34. The van der Waals surface area contributed by atoms with Crippen molar-refractivity contribution in [3.8, 4) is 0 Å². The van der Waals surface area contributed by atoms with Crippen LogP contribution >= 0.6 is 0 Å². The minimum atomic E-state index is 0.477. The van der Waals surface area contributed by atoms with E-state index in [1.165, 1.54) is 19.3 Å². The summed E-state index contributed by atoms with van der Waals surface area (Å²) < 4.78 is 0. The maximum Gasteiger partial charge on any atom is -0.0342 e. The maximum absolute atomic E-state index is 2.38. The van der Waals surface area contributed by atoms with Gasteiger partial charge in [-0.2, -0.15) is 0 Å². The Hall–Kier alpha value is 0. The number of hydrogen-bond acceptors (Lipinski definition) is 0. The highest BCUT2D eigenvalue weighted by Gasteiger charge is 2.26. The largest absolute Gasteiger partial charge is 0.0628 e. The van der Waals surface area contributed by atoms with Crippen LogP contribution in [0.3, 0.4) is 0 Å². The topological polar surface area (TPSA) is 0 Å². The lowest BCUT2D eigenvalue weighted by molar-refractivity contribution is 0.160. The summed E-state index contributed by atoms with van der Waals surface area (Å²) in [5.74, 6) is 2.56. The van der Waals surface area contributed by atoms with Crippen molar-refractivity contribution in [3.63, 3.8) is 0 Å². The number of hydrogen-bond donors (Lipinski definition) is 0. The molecule has 14 heavy (non-hydrogen) atoms. The van der Waals surface area contributed by atoms with Crippen molar-refractivity contribution in [1.29, 1.82) is 0 Å². The maximum atomic E-state index is 2.38. The zero-order chi connectivity index (χ0) is 11.4. The summed E-state index contributed by atoms with van der Waals surface area (Å²) in [5, 5.41) is 0. The van der Waals surface area contributed by atoms with Crippen molar-refractivity contribution in [2.24, 2.45) is 23.2 Å². The van der Waals surface area contributed by atoms with Gasteiger partial charge in [0.1, 0.15) is 0 Å². The molecule has 0 heterocycles. The molecular formula is C14H30. The minimum absolute atomic E-state index is 0.477. The van der Waals surface area contributed by atoms with Gasteiger partial charge in [0.2, 0.25) is 0 Å². The highest BCUT2D eigenvalue weighted by Crippen LogP contribution is 2.36. The van der Waals surface area contributed by atoms with E-state index in [0.717, 1.165) is 17.8 Å². The van der Waals surface area contributed by atoms with Crippen LogP contribution in [0.5, 0.6) is 0 Å². The Kier molecular flexibility index (Phi) is 5.78. The van der Waals surface area contributed by atoms with Crippen molar-refractivity contribution in [3.05, 3.63) is 0 Å². The van der Waals surface area contributed by atoms with Gasteiger partial charge in [-0.3, -0.25) is 0 Å². The fraction of sp³-hybridized carbons (Fsp3) is 1.00.